The molecule has 1 saturated heterocycles. The van der Waals surface area contributed by atoms with Gasteiger partial charge in [0.15, 0.2) is 11.0 Å². The number of aromatic nitrogens is 3. The Hall–Kier alpha value is -2.68. The van der Waals surface area contributed by atoms with Crippen molar-refractivity contribution in [3.8, 4) is 5.69 Å². The van der Waals surface area contributed by atoms with Crippen LogP contribution in [0.3, 0.4) is 0 Å². The van der Waals surface area contributed by atoms with Crippen LogP contribution in [0.2, 0.25) is 0 Å². The van der Waals surface area contributed by atoms with Gasteiger partial charge in [-0.1, -0.05) is 47.7 Å². The van der Waals surface area contributed by atoms with E-state index in [1.165, 1.54) is 17.3 Å². The smallest absolute Gasteiger partial charge is 0.234 e. The van der Waals surface area contributed by atoms with Crippen molar-refractivity contribution in [3.63, 3.8) is 0 Å². The maximum atomic E-state index is 12.7. The molecule has 0 aliphatic carbocycles. The molecule has 0 atom stereocenters. The van der Waals surface area contributed by atoms with Crippen LogP contribution < -0.4 is 5.32 Å². The molecule has 7 nitrogen and oxygen atoms in total. The standard InChI is InChI=1S/C24H29N5O2S/c1-17-13-18(2)23(19(3)14-17)25-22(30)16-32-24-27-26-21(15-28-9-11-31-12-10-28)29(24)20-7-5-4-6-8-20/h4-8,13-14H,9-12,15-16H2,1-3H3,(H,25,30). The van der Waals surface area contributed by atoms with Crippen molar-refractivity contribution in [3.05, 3.63) is 65.0 Å². The van der Waals surface area contributed by atoms with Crippen molar-refractivity contribution in [2.45, 2.75) is 32.5 Å². The Balaban J connectivity index is 1.50. The number of morpholine rings is 1. The van der Waals surface area contributed by atoms with E-state index in [9.17, 15) is 4.79 Å². The second-order valence-corrected chi connectivity index (χ2v) is 9.01. The molecule has 4 rings (SSSR count). The van der Waals surface area contributed by atoms with Crippen LogP contribution in [-0.4, -0.2) is 57.6 Å². The number of thioether (sulfide) groups is 1. The third-order valence-electron chi connectivity index (χ3n) is 5.46. The molecule has 32 heavy (non-hydrogen) atoms. The second kappa shape index (κ2) is 10.3. The molecule has 0 radical (unpaired) electrons. The van der Waals surface area contributed by atoms with Crippen molar-refractivity contribution in [2.24, 2.45) is 0 Å². The van der Waals surface area contributed by atoms with Crippen molar-refractivity contribution in [2.75, 3.05) is 37.4 Å². The fourth-order valence-electron chi connectivity index (χ4n) is 3.97. The van der Waals surface area contributed by atoms with Gasteiger partial charge in [0.1, 0.15) is 0 Å². The molecule has 1 fully saturated rings. The third kappa shape index (κ3) is 5.38. The summed E-state index contributed by atoms with van der Waals surface area (Å²) in [5.74, 6) is 1.07. The summed E-state index contributed by atoms with van der Waals surface area (Å²) in [6.45, 7) is 10.0. The Morgan fingerprint density at radius 1 is 1.06 bits per heavy atom. The predicted octanol–water partition coefficient (Wildman–Crippen LogP) is 3.76. The number of hydrogen-bond donors (Lipinski definition) is 1. The van der Waals surface area contributed by atoms with Crippen LogP contribution in [0, 0.1) is 20.8 Å². The first kappa shape index (κ1) is 22.5. The summed E-state index contributed by atoms with van der Waals surface area (Å²) in [7, 11) is 0. The fourth-order valence-corrected chi connectivity index (χ4v) is 4.75. The minimum absolute atomic E-state index is 0.0533. The average Bonchev–Trinajstić information content (AvgIpc) is 3.18. The molecule has 168 valence electrons. The number of benzene rings is 2. The van der Waals surface area contributed by atoms with Crippen LogP contribution in [-0.2, 0) is 16.1 Å². The van der Waals surface area contributed by atoms with Crippen LogP contribution in [0.5, 0.6) is 0 Å². The zero-order chi connectivity index (χ0) is 22.5. The SMILES string of the molecule is Cc1cc(C)c(NC(=O)CSc2nnc(CN3CCOCC3)n2-c2ccccc2)c(C)c1. The van der Waals surface area contributed by atoms with Gasteiger partial charge in [0, 0.05) is 24.5 Å². The molecule has 2 heterocycles. The quantitative estimate of drug-likeness (QED) is 0.552. The van der Waals surface area contributed by atoms with Gasteiger partial charge in [-0.25, -0.2) is 0 Å². The molecule has 1 aliphatic heterocycles. The maximum Gasteiger partial charge on any atom is 0.234 e. The van der Waals surface area contributed by atoms with E-state index in [-0.39, 0.29) is 11.7 Å². The summed E-state index contributed by atoms with van der Waals surface area (Å²) in [6.07, 6.45) is 0. The molecule has 2 aromatic carbocycles. The lowest BCUT2D eigenvalue weighted by Gasteiger charge is -2.26. The van der Waals surface area contributed by atoms with Gasteiger partial charge in [0.25, 0.3) is 0 Å². The number of hydrogen-bond acceptors (Lipinski definition) is 6. The van der Waals surface area contributed by atoms with Gasteiger partial charge in [-0.2, -0.15) is 0 Å². The fraction of sp³-hybridized carbons (Fsp3) is 0.375. The van der Waals surface area contributed by atoms with Crippen molar-refractivity contribution in [1.29, 1.82) is 0 Å². The number of aryl methyl sites for hydroxylation is 3. The Labute approximate surface area is 193 Å². The monoisotopic (exact) mass is 451 g/mol. The summed E-state index contributed by atoms with van der Waals surface area (Å²) < 4.78 is 7.51. The minimum atomic E-state index is -0.0533. The average molecular weight is 452 g/mol. The molecule has 1 aromatic heterocycles. The molecular formula is C24H29N5O2S. The van der Waals surface area contributed by atoms with Crippen molar-refractivity contribution >= 4 is 23.4 Å². The van der Waals surface area contributed by atoms with E-state index in [0.29, 0.717) is 11.7 Å². The maximum absolute atomic E-state index is 12.7. The van der Waals surface area contributed by atoms with Crippen LogP contribution in [0.1, 0.15) is 22.5 Å². The van der Waals surface area contributed by atoms with Gasteiger partial charge in [-0.15, -0.1) is 10.2 Å². The summed E-state index contributed by atoms with van der Waals surface area (Å²) in [6, 6.07) is 14.2. The van der Waals surface area contributed by atoms with Crippen LogP contribution in [0.15, 0.2) is 47.6 Å². The first-order valence-electron chi connectivity index (χ1n) is 10.8. The molecular weight excluding hydrogens is 422 g/mol. The highest BCUT2D eigenvalue weighted by molar-refractivity contribution is 7.99. The number of anilines is 1. The predicted molar refractivity (Wildman–Crippen MR) is 127 cm³/mol. The second-order valence-electron chi connectivity index (χ2n) is 8.07. The van der Waals surface area contributed by atoms with E-state index in [0.717, 1.165) is 54.6 Å². The topological polar surface area (TPSA) is 72.3 Å². The van der Waals surface area contributed by atoms with Crippen molar-refractivity contribution < 1.29 is 9.53 Å². The van der Waals surface area contributed by atoms with E-state index < -0.39 is 0 Å². The minimum Gasteiger partial charge on any atom is -0.379 e. The molecule has 3 aromatic rings. The van der Waals surface area contributed by atoms with Gasteiger partial charge in [0.05, 0.1) is 25.5 Å². The lowest BCUT2D eigenvalue weighted by molar-refractivity contribution is -0.113. The molecule has 1 N–H and O–H groups in total. The van der Waals surface area contributed by atoms with Gasteiger partial charge in [-0.3, -0.25) is 14.3 Å². The highest BCUT2D eigenvalue weighted by Crippen LogP contribution is 2.25. The largest absolute Gasteiger partial charge is 0.379 e. The Bertz CT molecular complexity index is 1050. The van der Waals surface area contributed by atoms with Crippen molar-refractivity contribution in [1.82, 2.24) is 19.7 Å². The number of carbonyl (C=O) groups is 1. The molecule has 0 bridgehead atoms. The summed E-state index contributed by atoms with van der Waals surface area (Å²) in [5, 5.41) is 12.7. The first-order chi connectivity index (χ1) is 15.5. The lowest BCUT2D eigenvalue weighted by Crippen LogP contribution is -2.36. The van der Waals surface area contributed by atoms with Crippen LogP contribution >= 0.6 is 11.8 Å². The third-order valence-corrected chi connectivity index (χ3v) is 6.39. The summed E-state index contributed by atoms with van der Waals surface area (Å²) >= 11 is 1.40. The number of rotatable bonds is 7. The van der Waals surface area contributed by atoms with E-state index in [4.69, 9.17) is 4.74 Å². The Kier molecular flexibility index (Phi) is 7.24. The molecule has 0 saturated carbocycles. The zero-order valence-electron chi connectivity index (χ0n) is 18.8. The van der Waals surface area contributed by atoms with E-state index in [1.54, 1.807) is 0 Å². The number of amides is 1. The van der Waals surface area contributed by atoms with Crippen LogP contribution in [0.25, 0.3) is 5.69 Å². The molecule has 8 heteroatoms. The van der Waals surface area contributed by atoms with Gasteiger partial charge >= 0.3 is 0 Å². The number of nitrogens with one attached hydrogen (secondary N) is 1. The highest BCUT2D eigenvalue weighted by atomic mass is 32.2. The van der Waals surface area contributed by atoms with Gasteiger partial charge in [0.2, 0.25) is 5.91 Å². The van der Waals surface area contributed by atoms with Gasteiger partial charge in [-0.05, 0) is 44.0 Å². The Morgan fingerprint density at radius 2 is 1.75 bits per heavy atom. The molecule has 1 amide bonds. The lowest BCUT2D eigenvalue weighted by atomic mass is 10.1. The molecule has 1 aliphatic rings. The number of carbonyl (C=O) groups excluding carboxylic acids is 1. The molecule has 0 unspecified atom stereocenters. The number of ether oxygens (including phenoxy) is 1. The van der Waals surface area contributed by atoms with Crippen LogP contribution in [0.4, 0.5) is 5.69 Å². The molecule has 0 spiro atoms. The number of para-hydroxylation sites is 1. The Morgan fingerprint density at radius 3 is 2.44 bits per heavy atom. The van der Waals surface area contributed by atoms with Gasteiger partial charge < -0.3 is 10.1 Å². The zero-order valence-corrected chi connectivity index (χ0v) is 19.6. The summed E-state index contributed by atoms with van der Waals surface area (Å²) in [4.78, 5) is 15.1. The van der Waals surface area contributed by atoms with E-state index >= 15 is 0 Å². The highest BCUT2D eigenvalue weighted by Gasteiger charge is 2.20. The van der Waals surface area contributed by atoms with E-state index in [1.807, 2.05) is 44.2 Å². The number of nitrogens with zero attached hydrogens (tertiary/aromatic N) is 4. The van der Waals surface area contributed by atoms with E-state index in [2.05, 4.69) is 44.0 Å². The normalized spacial score (nSPS) is 14.5. The first-order valence-corrected chi connectivity index (χ1v) is 11.8. The summed E-state index contributed by atoms with van der Waals surface area (Å²) in [5.41, 5.74) is 5.21.